The molecule has 0 aliphatic carbocycles. The second-order valence-electron chi connectivity index (χ2n) is 42.6. The molecule has 16 aromatic rings. The van der Waals surface area contributed by atoms with Crippen LogP contribution in [0.5, 0.6) is 23.0 Å². The van der Waals surface area contributed by atoms with Crippen molar-refractivity contribution >= 4 is 148 Å². The Labute approximate surface area is 812 Å². The average Bonchev–Trinajstić information content (AvgIpc) is 1.18. The molecular weight excluding hydrogens is 1720 g/mol. The number of hydrogen-bond acceptors (Lipinski definition) is 14. The van der Waals surface area contributed by atoms with Crippen LogP contribution in [0.1, 0.15) is 261 Å². The highest BCUT2D eigenvalue weighted by Gasteiger charge is 2.41. The van der Waals surface area contributed by atoms with Crippen LogP contribution >= 0.6 is 0 Å². The summed E-state index contributed by atoms with van der Waals surface area (Å²) in [4.78, 5) is 98.8. The van der Waals surface area contributed by atoms with Gasteiger partial charge in [-0.05, 0) is 234 Å². The Bertz CT molecular complexity index is 7790. The van der Waals surface area contributed by atoms with E-state index in [0.717, 1.165) is 145 Å². The zero-order valence-electron chi connectivity index (χ0n) is 82.4. The van der Waals surface area contributed by atoms with Gasteiger partial charge in [-0.15, -0.1) is 0 Å². The molecule has 8 bridgehead atoms. The summed E-state index contributed by atoms with van der Waals surface area (Å²) in [7, 11) is 0. The number of carbonyl (C=O) groups is 4. The average molecular weight is 1840 g/mol. The second kappa shape index (κ2) is 35.7. The van der Waals surface area contributed by atoms with E-state index >= 15 is 14.4 Å². The molecular formula is C121H118N12O6. The zero-order valence-corrected chi connectivity index (χ0v) is 82.4. The van der Waals surface area contributed by atoms with Crippen LogP contribution in [0.25, 0.3) is 134 Å². The molecule has 18 heteroatoms. The SMILES string of the molecule is CCCCCCNc1nc(Nc2ccc(-c3c4nc(c(-c5ccc(C(C)(C)C)cc5)c5ccc([nH]5)c(-c5ccc(C(C)(C)C)cc5)c5nc(c(-c6ccc(C(C)(C)C)cc6)c6ccc3[nH]6)C=C5)C=C4)cc2)nc(Nc2ccc(N3C(=O)c4ccc5c6c(Oc7ccc(C(C)(C)C)cc7)cc7c8c(ccc(c9c(Oc%10ccc(C(C)(C)C)cc%10)cc(c4c59)C3=O)c86)C(=O)N(CCCCCC)C7=O)cc2)n1. The van der Waals surface area contributed by atoms with E-state index in [2.05, 4.69) is 277 Å². The minimum absolute atomic E-state index is 0.0422. The third-order valence-corrected chi connectivity index (χ3v) is 27.6. The maximum atomic E-state index is 16.0. The van der Waals surface area contributed by atoms with Gasteiger partial charge in [0.05, 0.1) is 39.6 Å². The molecule has 0 unspecified atom stereocenters. The highest BCUT2D eigenvalue weighted by Crippen LogP contribution is 2.55. The number of unbranched alkanes of at least 4 members (excludes halogenated alkanes) is 6. The van der Waals surface area contributed by atoms with Crippen molar-refractivity contribution in [2.75, 3.05) is 33.9 Å². The molecule has 4 aliphatic heterocycles. The molecule has 4 aromatic heterocycles. The van der Waals surface area contributed by atoms with Crippen molar-refractivity contribution in [3.8, 4) is 67.5 Å². The monoisotopic (exact) mass is 1830 g/mol. The summed E-state index contributed by atoms with van der Waals surface area (Å²) in [6, 6.07) is 77.6. The van der Waals surface area contributed by atoms with Crippen molar-refractivity contribution in [3.05, 3.63) is 303 Å². The molecule has 698 valence electrons. The summed E-state index contributed by atoms with van der Waals surface area (Å²) in [6.45, 7) is 38.4. The van der Waals surface area contributed by atoms with Crippen LogP contribution in [0.3, 0.4) is 0 Å². The Kier molecular flexibility index (Phi) is 23.6. The minimum Gasteiger partial charge on any atom is -0.457 e. The van der Waals surface area contributed by atoms with E-state index in [4.69, 9.17) is 34.4 Å². The smallest absolute Gasteiger partial charge is 0.266 e. The van der Waals surface area contributed by atoms with Crippen LogP contribution in [0.2, 0.25) is 0 Å². The fourth-order valence-corrected chi connectivity index (χ4v) is 19.9. The summed E-state index contributed by atoms with van der Waals surface area (Å²) in [6.07, 6.45) is 16.2. The second-order valence-corrected chi connectivity index (χ2v) is 42.6. The Morgan fingerprint density at radius 1 is 0.309 bits per heavy atom. The molecule has 8 heterocycles. The lowest BCUT2D eigenvalue weighted by Crippen LogP contribution is -2.41. The van der Waals surface area contributed by atoms with Crippen LogP contribution in [-0.4, -0.2) is 76.5 Å². The van der Waals surface area contributed by atoms with Gasteiger partial charge in [-0.2, -0.15) is 15.0 Å². The van der Waals surface area contributed by atoms with E-state index in [1.54, 1.807) is 42.5 Å². The van der Waals surface area contributed by atoms with Crippen molar-refractivity contribution < 1.29 is 28.7 Å². The van der Waals surface area contributed by atoms with E-state index in [9.17, 15) is 4.79 Å². The van der Waals surface area contributed by atoms with Crippen LogP contribution in [-0.2, 0) is 27.1 Å². The fraction of sp³-hybridized carbons (Fsp3) is 0.264. The molecule has 20 rings (SSSR count). The highest BCUT2D eigenvalue weighted by atomic mass is 16.5. The molecule has 0 fully saturated rings. The number of nitrogens with zero attached hydrogens (tertiary/aromatic N) is 7. The van der Waals surface area contributed by atoms with E-state index in [-0.39, 0.29) is 57.0 Å². The van der Waals surface area contributed by atoms with Crippen molar-refractivity contribution in [1.29, 1.82) is 0 Å². The first-order valence-corrected chi connectivity index (χ1v) is 48.9. The van der Waals surface area contributed by atoms with Gasteiger partial charge in [0.25, 0.3) is 23.6 Å². The standard InChI is InChI=1S/C121H118N12O6/c1-18-20-22-24-66-122-114-129-115(123-79-44-32-73(33-45-79)103-96-64-62-94(127-96)101(71-28-36-75(37-29-71)118(6,7)8)92-60-58-90(125-92)100(70-26-34-74(35-27-70)117(3,4)5)91-59-61-93(126-91)102(95-63-65-97(103)128-95)72-30-38-76(39-31-72)119(9,10)11)131-116(130-114)124-80-46-48-81(49-47-80)133-112(136)87-57-55-85-106-98(138-82-50-40-77(41-51-82)120(12,13)14)68-88-104-86(110(134)132(111(88)135)67-25-23-21-19-2)56-54-84(108(104)106)107-99(69-89(113(133)137)105(87)109(85)107)139-83-52-42-78(43-53-83)121(15,16)17/h26-65,68-69,125,128H,18-25,66-67H2,1-17H3,(H3,122,123,124,129,130,131). The summed E-state index contributed by atoms with van der Waals surface area (Å²) in [5.74, 6) is 0.784. The lowest BCUT2D eigenvalue weighted by molar-refractivity contribution is 0.0606. The molecule has 18 nitrogen and oxygen atoms in total. The molecule has 4 amide bonds. The summed E-state index contributed by atoms with van der Waals surface area (Å²) >= 11 is 0. The van der Waals surface area contributed by atoms with Gasteiger partial charge in [-0.25, -0.2) is 14.9 Å². The van der Waals surface area contributed by atoms with Crippen molar-refractivity contribution in [3.63, 3.8) is 0 Å². The number of imide groups is 2. The Hall–Kier alpha value is -15.2. The third-order valence-electron chi connectivity index (χ3n) is 27.6. The van der Waals surface area contributed by atoms with Crippen molar-refractivity contribution in [2.24, 2.45) is 0 Å². The maximum absolute atomic E-state index is 16.0. The Morgan fingerprint density at radius 3 is 1.01 bits per heavy atom. The van der Waals surface area contributed by atoms with E-state index in [1.165, 1.54) is 26.5 Å². The first-order chi connectivity index (χ1) is 66.6. The number of hydrogen-bond donors (Lipinski definition) is 5. The number of aromatic amines is 2. The molecule has 0 spiro atoms. The predicted octanol–water partition coefficient (Wildman–Crippen LogP) is 31.1. The first kappa shape index (κ1) is 91.6. The van der Waals surface area contributed by atoms with Gasteiger partial charge in [-0.1, -0.05) is 278 Å². The lowest BCUT2D eigenvalue weighted by atomic mass is 9.81. The topological polar surface area (TPSA) is 225 Å². The highest BCUT2D eigenvalue weighted by molar-refractivity contribution is 6.45. The largest absolute Gasteiger partial charge is 0.457 e. The number of rotatable bonds is 24. The number of H-pyrrole nitrogens is 2. The van der Waals surface area contributed by atoms with Gasteiger partial charge in [0.1, 0.15) is 23.0 Å². The number of amides is 4. The molecule has 12 aromatic carbocycles. The van der Waals surface area contributed by atoms with Gasteiger partial charge in [0.15, 0.2) is 0 Å². The van der Waals surface area contributed by atoms with Crippen molar-refractivity contribution in [2.45, 2.75) is 196 Å². The molecule has 5 N–H and O–H groups in total. The molecule has 0 atom stereocenters. The van der Waals surface area contributed by atoms with Gasteiger partial charge in [0.2, 0.25) is 17.8 Å². The maximum Gasteiger partial charge on any atom is 0.266 e. The van der Waals surface area contributed by atoms with Crippen molar-refractivity contribution in [1.82, 2.24) is 39.8 Å². The first-order valence-electron chi connectivity index (χ1n) is 48.9. The lowest BCUT2D eigenvalue weighted by Gasteiger charge is -2.31. The van der Waals surface area contributed by atoms with E-state index < -0.39 is 17.7 Å². The van der Waals surface area contributed by atoms with Gasteiger partial charge in [0, 0.05) is 112 Å². The van der Waals surface area contributed by atoms with Gasteiger partial charge < -0.3 is 35.4 Å². The number of nitrogens with one attached hydrogen (secondary N) is 5. The van der Waals surface area contributed by atoms with Gasteiger partial charge >= 0.3 is 0 Å². The molecule has 0 saturated carbocycles. The van der Waals surface area contributed by atoms with E-state index in [0.29, 0.717) is 119 Å². The Morgan fingerprint density at radius 2 is 0.633 bits per heavy atom. The third kappa shape index (κ3) is 17.5. The molecule has 139 heavy (non-hydrogen) atoms. The summed E-state index contributed by atoms with van der Waals surface area (Å²) in [5.41, 5.74) is 22.9. The molecule has 0 saturated heterocycles. The van der Waals surface area contributed by atoms with Gasteiger partial charge in [-0.3, -0.25) is 24.1 Å². The number of anilines is 6. The van der Waals surface area contributed by atoms with Crippen LogP contribution < -0.4 is 30.3 Å². The van der Waals surface area contributed by atoms with E-state index in [1.807, 2.05) is 78.9 Å². The zero-order chi connectivity index (χ0) is 97.0. The van der Waals surface area contributed by atoms with Crippen LogP contribution in [0.15, 0.2) is 231 Å². The number of aromatic nitrogens is 7. The van der Waals surface area contributed by atoms with Crippen LogP contribution in [0, 0.1) is 0 Å². The molecule has 4 aliphatic rings. The minimum atomic E-state index is -0.567. The summed E-state index contributed by atoms with van der Waals surface area (Å²) in [5, 5.41) is 15.1. The van der Waals surface area contributed by atoms with Crippen LogP contribution in [0.4, 0.5) is 34.9 Å². The molecule has 0 radical (unpaired) electrons. The predicted molar refractivity (Wildman–Crippen MR) is 571 cm³/mol. The summed E-state index contributed by atoms with van der Waals surface area (Å²) < 4.78 is 14.2. The number of ether oxygens (including phenoxy) is 2. The Balaban J connectivity index is 0.665. The normalized spacial score (nSPS) is 13.5. The quantitative estimate of drug-likeness (QED) is 0.0164. The number of carbonyl (C=O) groups excluding carboxylic acids is 4. The number of benzene rings is 12. The fourth-order valence-electron chi connectivity index (χ4n) is 19.9. The number of fused-ring (bicyclic) bond motifs is 10.